The van der Waals surface area contributed by atoms with Crippen LogP contribution < -0.4 is 10.6 Å². The van der Waals surface area contributed by atoms with Gasteiger partial charge in [-0.25, -0.2) is 12.7 Å². The number of hydrogen-bond donors (Lipinski definition) is 3. The molecule has 0 radical (unpaired) electrons. The van der Waals surface area contributed by atoms with Crippen LogP contribution in [0.2, 0.25) is 0 Å². The predicted molar refractivity (Wildman–Crippen MR) is 121 cm³/mol. The van der Waals surface area contributed by atoms with Gasteiger partial charge in [0.2, 0.25) is 10.0 Å². The molecule has 0 aliphatic carbocycles. The summed E-state index contributed by atoms with van der Waals surface area (Å²) in [5.41, 5.74) is 2.42. The number of sulfonamides is 1. The first-order valence-corrected chi connectivity index (χ1v) is 10.8. The van der Waals surface area contributed by atoms with Crippen LogP contribution in [0.1, 0.15) is 18.9 Å². The van der Waals surface area contributed by atoms with E-state index in [0.29, 0.717) is 19.6 Å². The second kappa shape index (κ2) is 10.3. The van der Waals surface area contributed by atoms with Crippen LogP contribution in [0.25, 0.3) is 10.9 Å². The number of aromatic amines is 1. The Labute approximate surface area is 178 Å². The van der Waals surface area contributed by atoms with Crippen LogP contribution in [-0.2, 0) is 16.4 Å². The summed E-state index contributed by atoms with van der Waals surface area (Å²) in [6.45, 7) is 5.06. The van der Waals surface area contributed by atoms with E-state index < -0.39 is 10.0 Å². The van der Waals surface area contributed by atoms with E-state index in [4.69, 9.17) is 0 Å². The van der Waals surface area contributed by atoms with Gasteiger partial charge in [0, 0.05) is 43.3 Å². The first-order chi connectivity index (χ1) is 12.6. The van der Waals surface area contributed by atoms with Gasteiger partial charge in [-0.1, -0.05) is 18.2 Å². The predicted octanol–water partition coefficient (Wildman–Crippen LogP) is 1.92. The molecule has 3 rings (SSSR count). The fourth-order valence-corrected chi connectivity index (χ4v) is 4.73. The van der Waals surface area contributed by atoms with Crippen LogP contribution in [0, 0.1) is 0 Å². The largest absolute Gasteiger partial charge is 0.361 e. The first kappa shape index (κ1) is 22.0. The fourth-order valence-electron chi connectivity index (χ4n) is 3.21. The smallest absolute Gasteiger partial charge is 0.214 e. The molecule has 1 aliphatic rings. The number of nitrogens with zero attached hydrogens (tertiary/aromatic N) is 2. The third-order valence-corrected chi connectivity index (χ3v) is 6.48. The molecule has 0 spiro atoms. The molecule has 0 atom stereocenters. The molecule has 1 saturated heterocycles. The van der Waals surface area contributed by atoms with Crippen molar-refractivity contribution >= 4 is 50.9 Å². The van der Waals surface area contributed by atoms with Crippen molar-refractivity contribution in [2.45, 2.75) is 19.8 Å². The topological polar surface area (TPSA) is 89.6 Å². The molecule has 3 N–H and O–H groups in total. The second-order valence-electron chi connectivity index (χ2n) is 6.37. The minimum atomic E-state index is -3.04. The summed E-state index contributed by atoms with van der Waals surface area (Å²) >= 11 is 0. The summed E-state index contributed by atoms with van der Waals surface area (Å²) < 4.78 is 25.2. The van der Waals surface area contributed by atoms with Gasteiger partial charge in [0.05, 0.1) is 12.3 Å². The van der Waals surface area contributed by atoms with Gasteiger partial charge in [0.25, 0.3) is 0 Å². The van der Waals surface area contributed by atoms with E-state index in [0.717, 1.165) is 37.4 Å². The van der Waals surface area contributed by atoms with Crippen LogP contribution in [-0.4, -0.2) is 62.1 Å². The highest BCUT2D eigenvalue weighted by Crippen LogP contribution is 2.17. The van der Waals surface area contributed by atoms with E-state index in [1.54, 1.807) is 0 Å². The van der Waals surface area contributed by atoms with Gasteiger partial charge >= 0.3 is 0 Å². The van der Waals surface area contributed by atoms with Gasteiger partial charge in [-0.05, 0) is 31.4 Å². The second-order valence-corrected chi connectivity index (χ2v) is 8.45. The van der Waals surface area contributed by atoms with Crippen molar-refractivity contribution < 1.29 is 8.42 Å². The number of halogens is 1. The summed E-state index contributed by atoms with van der Waals surface area (Å²) in [6, 6.07) is 8.27. The molecule has 0 unspecified atom stereocenters. The Morgan fingerprint density at radius 3 is 2.85 bits per heavy atom. The first-order valence-electron chi connectivity index (χ1n) is 9.15. The van der Waals surface area contributed by atoms with E-state index in [-0.39, 0.29) is 29.7 Å². The third kappa shape index (κ3) is 5.82. The van der Waals surface area contributed by atoms with Gasteiger partial charge < -0.3 is 15.6 Å². The lowest BCUT2D eigenvalue weighted by Gasteiger charge is -2.14. The van der Waals surface area contributed by atoms with Crippen molar-refractivity contribution in [3.63, 3.8) is 0 Å². The van der Waals surface area contributed by atoms with Gasteiger partial charge in [-0.2, -0.15) is 0 Å². The van der Waals surface area contributed by atoms with Crippen LogP contribution >= 0.6 is 24.0 Å². The monoisotopic (exact) mass is 505 g/mol. The molecule has 0 bridgehead atoms. The van der Waals surface area contributed by atoms with Gasteiger partial charge in [-0.3, -0.25) is 4.99 Å². The Kier molecular flexibility index (Phi) is 8.36. The molecule has 1 aliphatic heterocycles. The Morgan fingerprint density at radius 1 is 1.30 bits per heavy atom. The Hall–Kier alpha value is -1.33. The summed E-state index contributed by atoms with van der Waals surface area (Å²) in [4.78, 5) is 7.79. The number of aromatic nitrogens is 1. The van der Waals surface area contributed by atoms with Crippen LogP contribution in [0.15, 0.2) is 35.5 Å². The Bertz CT molecular complexity index is 866. The molecule has 0 saturated carbocycles. The maximum Gasteiger partial charge on any atom is 0.214 e. The van der Waals surface area contributed by atoms with E-state index in [2.05, 4.69) is 38.9 Å². The maximum atomic E-state index is 11.8. The number of hydrogen-bond acceptors (Lipinski definition) is 3. The molecule has 7 nitrogen and oxygen atoms in total. The SMILES string of the molecule is CCNC(=NCCN1CCCS1(=O)=O)NCCc1c[nH]c2ccccc12.I. The highest BCUT2D eigenvalue weighted by atomic mass is 127. The van der Waals surface area contributed by atoms with Crippen LogP contribution in [0.4, 0.5) is 0 Å². The molecule has 27 heavy (non-hydrogen) atoms. The van der Waals surface area contributed by atoms with Crippen molar-refractivity contribution in [2.24, 2.45) is 4.99 Å². The average Bonchev–Trinajstić information content (AvgIpc) is 3.18. The molecule has 9 heteroatoms. The van der Waals surface area contributed by atoms with E-state index in [9.17, 15) is 8.42 Å². The van der Waals surface area contributed by atoms with Crippen LogP contribution in [0.5, 0.6) is 0 Å². The number of nitrogens with one attached hydrogen (secondary N) is 3. The Balaban J connectivity index is 0.00000261. The van der Waals surface area contributed by atoms with Gasteiger partial charge in [0.15, 0.2) is 5.96 Å². The number of benzene rings is 1. The molecular formula is C18H28IN5O2S. The zero-order valence-corrected chi connectivity index (χ0v) is 18.7. The molecule has 1 aromatic carbocycles. The van der Waals surface area contributed by atoms with Crippen molar-refractivity contribution in [1.82, 2.24) is 19.9 Å². The number of H-pyrrole nitrogens is 1. The van der Waals surface area contributed by atoms with Gasteiger partial charge in [0.1, 0.15) is 0 Å². The molecule has 1 aromatic heterocycles. The molecule has 1 fully saturated rings. The summed E-state index contributed by atoms with van der Waals surface area (Å²) in [5, 5.41) is 7.78. The maximum absolute atomic E-state index is 11.8. The normalized spacial score (nSPS) is 17.0. The van der Waals surface area contributed by atoms with Crippen molar-refractivity contribution in [3.05, 3.63) is 36.0 Å². The molecule has 2 heterocycles. The summed E-state index contributed by atoms with van der Waals surface area (Å²) in [5.74, 6) is 0.989. The lowest BCUT2D eigenvalue weighted by atomic mass is 10.1. The van der Waals surface area contributed by atoms with E-state index in [1.165, 1.54) is 15.3 Å². The lowest BCUT2D eigenvalue weighted by Crippen LogP contribution is -2.39. The molecular weight excluding hydrogens is 477 g/mol. The summed E-state index contributed by atoms with van der Waals surface area (Å²) in [7, 11) is -3.04. The number of para-hydroxylation sites is 1. The number of fused-ring (bicyclic) bond motifs is 1. The minimum absolute atomic E-state index is 0. The third-order valence-electron chi connectivity index (χ3n) is 4.53. The summed E-state index contributed by atoms with van der Waals surface area (Å²) in [6.07, 6.45) is 3.65. The highest BCUT2D eigenvalue weighted by Gasteiger charge is 2.27. The average molecular weight is 505 g/mol. The highest BCUT2D eigenvalue weighted by molar-refractivity contribution is 14.0. The van der Waals surface area contributed by atoms with Crippen molar-refractivity contribution in [3.8, 4) is 0 Å². The lowest BCUT2D eigenvalue weighted by molar-refractivity contribution is 0.452. The minimum Gasteiger partial charge on any atom is -0.361 e. The number of guanidine groups is 1. The van der Waals surface area contributed by atoms with Crippen LogP contribution in [0.3, 0.4) is 0 Å². The molecule has 150 valence electrons. The molecule has 2 aromatic rings. The standard InChI is InChI=1S/C18H27N5O2S.HI/c1-2-19-18(21-10-12-23-11-5-13-26(23,24)25)20-9-8-15-14-22-17-7-4-3-6-16(15)17;/h3-4,6-7,14,22H,2,5,8-13H2,1H3,(H2,19,20,21);1H. The fraction of sp³-hybridized carbons (Fsp3) is 0.500. The van der Waals surface area contributed by atoms with E-state index in [1.807, 2.05) is 19.1 Å². The quantitative estimate of drug-likeness (QED) is 0.305. The molecule has 0 amide bonds. The zero-order chi connectivity index (χ0) is 18.4. The van der Waals surface area contributed by atoms with E-state index >= 15 is 0 Å². The zero-order valence-electron chi connectivity index (χ0n) is 15.6. The number of rotatable bonds is 7. The van der Waals surface area contributed by atoms with Crippen molar-refractivity contribution in [2.75, 3.05) is 38.5 Å². The number of aliphatic imine (C=N–C) groups is 1. The van der Waals surface area contributed by atoms with Gasteiger partial charge in [-0.15, -0.1) is 24.0 Å². The van der Waals surface area contributed by atoms with Crippen molar-refractivity contribution in [1.29, 1.82) is 0 Å². The Morgan fingerprint density at radius 2 is 2.11 bits per heavy atom.